The van der Waals surface area contributed by atoms with Crippen molar-refractivity contribution >= 4 is 23.2 Å². The Balaban J connectivity index is 0.000000305. The second kappa shape index (κ2) is 28.6. The zero-order valence-corrected chi connectivity index (χ0v) is 34.6. The maximum atomic E-state index is 5.75. The molecule has 7 aromatic rings. The molecule has 54 heavy (non-hydrogen) atoms. The zero-order chi connectivity index (χ0) is 39.2. The third-order valence-electron chi connectivity index (χ3n) is 7.96. The fourth-order valence-corrected chi connectivity index (χ4v) is 5.61. The van der Waals surface area contributed by atoms with Crippen LogP contribution in [0.4, 0.5) is 0 Å². The lowest BCUT2D eigenvalue weighted by molar-refractivity contribution is 1.19. The zero-order valence-electron chi connectivity index (χ0n) is 33.1. The van der Waals surface area contributed by atoms with E-state index in [1.807, 2.05) is 77.9 Å². The lowest BCUT2D eigenvalue weighted by Gasteiger charge is -2.07. The van der Waals surface area contributed by atoms with Crippen molar-refractivity contribution < 1.29 is 0 Å². The van der Waals surface area contributed by atoms with Crippen molar-refractivity contribution in [3.05, 3.63) is 228 Å². The fourth-order valence-electron chi connectivity index (χ4n) is 5.25. The van der Waals surface area contributed by atoms with E-state index in [4.69, 9.17) is 23.2 Å². The molecule has 0 aromatic heterocycles. The van der Waals surface area contributed by atoms with Gasteiger partial charge >= 0.3 is 0 Å². The molecule has 280 valence electrons. The number of hydrogen-bond donors (Lipinski definition) is 0. The molecular weight excluding hydrogens is 695 g/mol. The van der Waals surface area contributed by atoms with Crippen LogP contribution in [0.15, 0.2) is 194 Å². The standard InChI is InChI=1S/C26H22.C14H12Cl2.C6H6.3C2H6/c1-3-7-21(8-4-1)19-23-11-15-25(16-12-23)26-17-13-24(14-18-26)20-22-9-5-2-6-10-22;15-9-11-1-5-13(6-2-11)14-7-3-12(10-16)4-8-14;1-2-4-6-5-3-1;3*1-2/h1-18H,19-20H2;1-8H,9-10H2;1-6H;3*1-2H3. The van der Waals surface area contributed by atoms with Gasteiger partial charge in [-0.15, -0.1) is 23.2 Å². The smallest absolute Gasteiger partial charge is 0.0474 e. The van der Waals surface area contributed by atoms with Crippen molar-refractivity contribution in [2.45, 2.75) is 66.1 Å². The number of benzene rings is 7. The molecular formula is C52H58Cl2. The minimum atomic E-state index is 0.561. The fraction of sp³-hybridized carbons (Fsp3) is 0.192. The molecule has 0 heterocycles. The number of alkyl halides is 2. The summed E-state index contributed by atoms with van der Waals surface area (Å²) in [4.78, 5) is 0. The Morgan fingerprint density at radius 3 is 0.648 bits per heavy atom. The van der Waals surface area contributed by atoms with E-state index in [2.05, 4.69) is 158 Å². The maximum absolute atomic E-state index is 5.75. The quantitative estimate of drug-likeness (QED) is 0.136. The van der Waals surface area contributed by atoms with Crippen LogP contribution in [0.25, 0.3) is 22.3 Å². The van der Waals surface area contributed by atoms with Crippen molar-refractivity contribution in [1.29, 1.82) is 0 Å². The van der Waals surface area contributed by atoms with Gasteiger partial charge in [0.2, 0.25) is 0 Å². The summed E-state index contributed by atoms with van der Waals surface area (Å²) in [5, 5.41) is 0. The number of hydrogen-bond acceptors (Lipinski definition) is 0. The van der Waals surface area contributed by atoms with Gasteiger partial charge in [0.25, 0.3) is 0 Å². The van der Waals surface area contributed by atoms with Gasteiger partial charge in [-0.25, -0.2) is 0 Å². The largest absolute Gasteiger partial charge is 0.122 e. The van der Waals surface area contributed by atoms with Crippen molar-refractivity contribution in [3.63, 3.8) is 0 Å². The van der Waals surface area contributed by atoms with Gasteiger partial charge in [0.1, 0.15) is 0 Å². The summed E-state index contributed by atoms with van der Waals surface area (Å²) < 4.78 is 0. The molecule has 0 aliphatic rings. The summed E-state index contributed by atoms with van der Waals surface area (Å²) in [5.41, 5.74) is 12.6. The molecule has 0 amide bonds. The van der Waals surface area contributed by atoms with Gasteiger partial charge in [-0.05, 0) is 68.5 Å². The molecule has 0 radical (unpaired) electrons. The van der Waals surface area contributed by atoms with Crippen LogP contribution < -0.4 is 0 Å². The van der Waals surface area contributed by atoms with E-state index in [-0.39, 0.29) is 0 Å². The molecule has 7 aromatic carbocycles. The highest BCUT2D eigenvalue weighted by Crippen LogP contribution is 2.23. The van der Waals surface area contributed by atoms with E-state index in [1.165, 1.54) is 44.5 Å². The summed E-state index contributed by atoms with van der Waals surface area (Å²) in [5.74, 6) is 1.12. The van der Waals surface area contributed by atoms with Crippen LogP contribution in [-0.4, -0.2) is 0 Å². The average molecular weight is 754 g/mol. The summed E-state index contributed by atoms with van der Waals surface area (Å²) in [6.45, 7) is 12.0. The molecule has 2 heteroatoms. The van der Waals surface area contributed by atoms with Gasteiger partial charge < -0.3 is 0 Å². The highest BCUT2D eigenvalue weighted by atomic mass is 35.5. The first kappa shape index (κ1) is 45.3. The molecule has 0 saturated carbocycles. The third kappa shape index (κ3) is 16.9. The minimum Gasteiger partial charge on any atom is -0.122 e. The summed E-state index contributed by atoms with van der Waals surface area (Å²) in [6.07, 6.45) is 1.97. The Morgan fingerprint density at radius 1 is 0.241 bits per heavy atom. The van der Waals surface area contributed by atoms with E-state index in [0.29, 0.717) is 11.8 Å². The summed E-state index contributed by atoms with van der Waals surface area (Å²) >= 11 is 11.5. The van der Waals surface area contributed by atoms with Crippen molar-refractivity contribution in [1.82, 2.24) is 0 Å². The molecule has 0 aliphatic heterocycles. The molecule has 0 fully saturated rings. The Bertz CT molecular complexity index is 1710. The first-order valence-corrected chi connectivity index (χ1v) is 20.3. The summed E-state index contributed by atoms with van der Waals surface area (Å²) in [7, 11) is 0. The Hall–Kier alpha value is -4.88. The molecule has 0 unspecified atom stereocenters. The molecule has 0 N–H and O–H groups in total. The highest BCUT2D eigenvalue weighted by Gasteiger charge is 2.02. The van der Waals surface area contributed by atoms with Crippen LogP contribution in [0.3, 0.4) is 0 Å². The number of rotatable bonds is 8. The molecule has 7 rings (SSSR count). The lowest BCUT2D eigenvalue weighted by atomic mass is 9.98. The van der Waals surface area contributed by atoms with Gasteiger partial charge in [-0.3, -0.25) is 0 Å². The van der Waals surface area contributed by atoms with Crippen LogP contribution in [0.1, 0.15) is 74.9 Å². The van der Waals surface area contributed by atoms with Crippen LogP contribution in [0.2, 0.25) is 0 Å². The van der Waals surface area contributed by atoms with Crippen molar-refractivity contribution in [3.8, 4) is 22.3 Å². The van der Waals surface area contributed by atoms with E-state index >= 15 is 0 Å². The Labute approximate surface area is 337 Å². The summed E-state index contributed by atoms with van der Waals surface area (Å²) in [6, 6.07) is 67.7. The van der Waals surface area contributed by atoms with Gasteiger partial charge in [0.05, 0.1) is 0 Å². The molecule has 0 aliphatic carbocycles. The topological polar surface area (TPSA) is 0 Å². The van der Waals surface area contributed by atoms with Gasteiger partial charge in [0, 0.05) is 11.8 Å². The SMILES string of the molecule is CC.CC.CC.ClCc1ccc(-c2ccc(CCl)cc2)cc1.c1ccc(Cc2ccc(-c3ccc(Cc4ccccc4)cc3)cc2)cc1.c1ccccc1. The molecule has 0 saturated heterocycles. The maximum Gasteiger partial charge on any atom is 0.0474 e. The van der Waals surface area contributed by atoms with Gasteiger partial charge in [0.15, 0.2) is 0 Å². The molecule has 0 spiro atoms. The molecule has 0 bridgehead atoms. The highest BCUT2D eigenvalue weighted by molar-refractivity contribution is 6.17. The third-order valence-corrected chi connectivity index (χ3v) is 8.58. The normalized spacial score (nSPS) is 9.41. The van der Waals surface area contributed by atoms with Crippen molar-refractivity contribution in [2.24, 2.45) is 0 Å². The number of halogens is 2. The van der Waals surface area contributed by atoms with Crippen LogP contribution in [0, 0.1) is 0 Å². The van der Waals surface area contributed by atoms with Gasteiger partial charge in [-0.1, -0.05) is 236 Å². The monoisotopic (exact) mass is 752 g/mol. The average Bonchev–Trinajstić information content (AvgIpc) is 3.28. The van der Waals surface area contributed by atoms with Gasteiger partial charge in [-0.2, -0.15) is 0 Å². The van der Waals surface area contributed by atoms with Crippen LogP contribution in [-0.2, 0) is 24.6 Å². The predicted octanol–water partition coefficient (Wildman–Crippen LogP) is 16.1. The van der Waals surface area contributed by atoms with Crippen molar-refractivity contribution in [2.75, 3.05) is 0 Å². The van der Waals surface area contributed by atoms with Crippen LogP contribution in [0.5, 0.6) is 0 Å². The second-order valence-corrected chi connectivity index (χ2v) is 12.1. The first-order valence-electron chi connectivity index (χ1n) is 19.3. The van der Waals surface area contributed by atoms with E-state index < -0.39 is 0 Å². The van der Waals surface area contributed by atoms with Crippen LogP contribution >= 0.6 is 23.2 Å². The predicted molar refractivity (Wildman–Crippen MR) is 242 cm³/mol. The second-order valence-electron chi connectivity index (χ2n) is 11.5. The Kier molecular flexibility index (Phi) is 24.0. The molecule has 0 nitrogen and oxygen atoms in total. The Morgan fingerprint density at radius 2 is 0.426 bits per heavy atom. The molecule has 0 atom stereocenters. The van der Waals surface area contributed by atoms with E-state index in [9.17, 15) is 0 Å². The minimum absolute atomic E-state index is 0.561. The van der Waals surface area contributed by atoms with E-state index in [0.717, 1.165) is 24.0 Å². The lowest BCUT2D eigenvalue weighted by Crippen LogP contribution is -1.89. The first-order chi connectivity index (χ1) is 26.7. The van der Waals surface area contributed by atoms with E-state index in [1.54, 1.807) is 0 Å².